The van der Waals surface area contributed by atoms with Crippen LogP contribution in [0.4, 0.5) is 11.4 Å². The number of hydrogen-bond acceptors (Lipinski definition) is 3. The van der Waals surface area contributed by atoms with E-state index < -0.39 is 0 Å². The highest BCUT2D eigenvalue weighted by molar-refractivity contribution is 5.72. The molecular formula is C19H19N3. The van der Waals surface area contributed by atoms with Gasteiger partial charge in [-0.1, -0.05) is 36.4 Å². The van der Waals surface area contributed by atoms with E-state index in [1.54, 1.807) is 0 Å². The monoisotopic (exact) mass is 289 g/mol. The van der Waals surface area contributed by atoms with Gasteiger partial charge in [0.2, 0.25) is 0 Å². The van der Waals surface area contributed by atoms with Crippen LogP contribution in [0, 0.1) is 11.5 Å². The van der Waals surface area contributed by atoms with Crippen LogP contribution in [0.5, 0.6) is 0 Å². The number of rotatable bonds is 1. The van der Waals surface area contributed by atoms with Crippen LogP contribution < -0.4 is 4.90 Å². The van der Waals surface area contributed by atoms with E-state index in [0.29, 0.717) is 0 Å². The molecule has 110 valence electrons. The second kappa shape index (κ2) is 5.06. The van der Waals surface area contributed by atoms with Crippen molar-refractivity contribution in [2.75, 3.05) is 24.5 Å². The maximum Gasteiger partial charge on any atom is 0.179 e. The molecule has 1 saturated heterocycles. The summed E-state index contributed by atoms with van der Waals surface area (Å²) in [4.78, 5) is 4.33. The van der Waals surface area contributed by atoms with Crippen molar-refractivity contribution in [2.45, 2.75) is 18.3 Å². The molecule has 2 aliphatic heterocycles. The predicted octanol–water partition coefficient (Wildman–Crippen LogP) is 3.65. The minimum Gasteiger partial charge on any atom is -0.340 e. The van der Waals surface area contributed by atoms with Crippen LogP contribution in [-0.4, -0.2) is 24.5 Å². The molecule has 2 aromatic carbocycles. The van der Waals surface area contributed by atoms with Gasteiger partial charge in [-0.05, 0) is 36.6 Å². The van der Waals surface area contributed by atoms with Gasteiger partial charge in [-0.25, -0.2) is 0 Å². The minimum atomic E-state index is 0.194. The zero-order chi connectivity index (χ0) is 15.0. The van der Waals surface area contributed by atoms with E-state index >= 15 is 0 Å². The SMILES string of the molecule is N#CN1CCC2(CC1)CN(c1ccccc1)c1ccccc12. The van der Waals surface area contributed by atoms with Gasteiger partial charge in [0.15, 0.2) is 6.19 Å². The molecule has 0 amide bonds. The van der Waals surface area contributed by atoms with E-state index in [1.807, 2.05) is 4.90 Å². The van der Waals surface area contributed by atoms with Gasteiger partial charge < -0.3 is 9.80 Å². The Balaban J connectivity index is 1.74. The van der Waals surface area contributed by atoms with Crippen LogP contribution in [0.15, 0.2) is 54.6 Å². The molecule has 0 atom stereocenters. The van der Waals surface area contributed by atoms with E-state index in [0.717, 1.165) is 32.5 Å². The quantitative estimate of drug-likeness (QED) is 0.751. The van der Waals surface area contributed by atoms with E-state index in [4.69, 9.17) is 5.26 Å². The Bertz CT molecular complexity index is 709. The number of nitriles is 1. The summed E-state index contributed by atoms with van der Waals surface area (Å²) in [5, 5.41) is 9.11. The number of nitrogens with zero attached hydrogens (tertiary/aromatic N) is 3. The summed E-state index contributed by atoms with van der Waals surface area (Å²) in [5.74, 6) is 0. The van der Waals surface area contributed by atoms with E-state index in [-0.39, 0.29) is 5.41 Å². The third-order valence-electron chi connectivity index (χ3n) is 5.16. The van der Waals surface area contributed by atoms with Crippen molar-refractivity contribution < 1.29 is 0 Å². The van der Waals surface area contributed by atoms with Crippen LogP contribution in [0.3, 0.4) is 0 Å². The van der Waals surface area contributed by atoms with Gasteiger partial charge in [0.1, 0.15) is 0 Å². The second-order valence-electron chi connectivity index (χ2n) is 6.31. The highest BCUT2D eigenvalue weighted by Gasteiger charge is 2.44. The van der Waals surface area contributed by atoms with Crippen LogP contribution in [0.25, 0.3) is 0 Å². The summed E-state index contributed by atoms with van der Waals surface area (Å²) in [6.45, 7) is 2.76. The van der Waals surface area contributed by atoms with Crippen molar-refractivity contribution in [2.24, 2.45) is 0 Å². The van der Waals surface area contributed by atoms with Gasteiger partial charge in [0.25, 0.3) is 0 Å². The first-order chi connectivity index (χ1) is 10.8. The molecule has 3 nitrogen and oxygen atoms in total. The maximum atomic E-state index is 9.11. The average molecular weight is 289 g/mol. The van der Waals surface area contributed by atoms with Gasteiger partial charge >= 0.3 is 0 Å². The number of anilines is 2. The van der Waals surface area contributed by atoms with E-state index in [2.05, 4.69) is 65.7 Å². The Hall–Kier alpha value is -2.47. The summed E-state index contributed by atoms with van der Waals surface area (Å²) in [5.41, 5.74) is 4.24. The maximum absolute atomic E-state index is 9.11. The lowest BCUT2D eigenvalue weighted by atomic mass is 9.74. The lowest BCUT2D eigenvalue weighted by Gasteiger charge is -2.37. The third kappa shape index (κ3) is 1.95. The Kier molecular flexibility index (Phi) is 3.04. The van der Waals surface area contributed by atoms with Gasteiger partial charge in [-0.15, -0.1) is 0 Å². The van der Waals surface area contributed by atoms with Gasteiger partial charge in [-0.2, -0.15) is 5.26 Å². The number of benzene rings is 2. The third-order valence-corrected chi connectivity index (χ3v) is 5.16. The lowest BCUT2D eigenvalue weighted by Crippen LogP contribution is -2.42. The molecule has 0 aromatic heterocycles. The molecule has 2 heterocycles. The highest BCUT2D eigenvalue weighted by Crippen LogP contribution is 2.49. The lowest BCUT2D eigenvalue weighted by molar-refractivity contribution is 0.226. The minimum absolute atomic E-state index is 0.194. The fourth-order valence-electron chi connectivity index (χ4n) is 3.93. The molecule has 0 N–H and O–H groups in total. The zero-order valence-corrected chi connectivity index (χ0v) is 12.6. The summed E-state index contributed by atoms with van der Waals surface area (Å²) in [6.07, 6.45) is 4.41. The molecule has 0 aliphatic carbocycles. The standard InChI is InChI=1S/C19H19N3/c20-15-21-12-10-19(11-13-21)14-22(16-6-2-1-3-7-16)18-9-5-4-8-17(18)19/h1-9H,10-14H2. The number of likely N-dealkylation sites (tertiary alicyclic amines) is 1. The van der Waals surface area contributed by atoms with Crippen molar-refractivity contribution in [3.05, 3.63) is 60.2 Å². The van der Waals surface area contributed by atoms with Gasteiger partial charge in [0, 0.05) is 36.4 Å². The molecule has 2 aliphatic rings. The largest absolute Gasteiger partial charge is 0.340 e. The number of hydrogen-bond donors (Lipinski definition) is 0. The van der Waals surface area contributed by atoms with Crippen molar-refractivity contribution in [3.63, 3.8) is 0 Å². The highest BCUT2D eigenvalue weighted by atomic mass is 15.2. The fourth-order valence-corrected chi connectivity index (χ4v) is 3.93. The van der Waals surface area contributed by atoms with Crippen molar-refractivity contribution >= 4 is 11.4 Å². The smallest absolute Gasteiger partial charge is 0.179 e. The Morgan fingerprint density at radius 3 is 2.32 bits per heavy atom. The molecule has 1 spiro atoms. The normalized spacial score (nSPS) is 19.0. The number of fused-ring (bicyclic) bond motifs is 2. The van der Waals surface area contributed by atoms with Crippen molar-refractivity contribution in [3.8, 4) is 6.19 Å². The Labute approximate surface area is 131 Å². The molecule has 4 rings (SSSR count). The molecule has 2 aromatic rings. The Morgan fingerprint density at radius 2 is 1.59 bits per heavy atom. The van der Waals surface area contributed by atoms with Gasteiger partial charge in [-0.3, -0.25) is 0 Å². The van der Waals surface area contributed by atoms with E-state index in [9.17, 15) is 0 Å². The summed E-state index contributed by atoms with van der Waals surface area (Å²) in [7, 11) is 0. The molecule has 0 bridgehead atoms. The average Bonchev–Trinajstić information content (AvgIpc) is 2.91. The number of piperidine rings is 1. The summed E-state index contributed by atoms with van der Waals surface area (Å²) >= 11 is 0. The molecule has 1 fully saturated rings. The van der Waals surface area contributed by atoms with E-state index in [1.165, 1.54) is 16.9 Å². The van der Waals surface area contributed by atoms with Crippen LogP contribution >= 0.6 is 0 Å². The molecule has 0 saturated carbocycles. The van der Waals surface area contributed by atoms with Crippen LogP contribution in [0.1, 0.15) is 18.4 Å². The number of para-hydroxylation sites is 2. The molecule has 3 heteroatoms. The van der Waals surface area contributed by atoms with Crippen LogP contribution in [0.2, 0.25) is 0 Å². The van der Waals surface area contributed by atoms with Crippen molar-refractivity contribution in [1.29, 1.82) is 5.26 Å². The molecule has 0 radical (unpaired) electrons. The van der Waals surface area contributed by atoms with Gasteiger partial charge in [0.05, 0.1) is 0 Å². The van der Waals surface area contributed by atoms with Crippen molar-refractivity contribution in [1.82, 2.24) is 4.90 Å². The first-order valence-corrected chi connectivity index (χ1v) is 7.89. The summed E-state index contributed by atoms with van der Waals surface area (Å²) < 4.78 is 0. The molecule has 22 heavy (non-hydrogen) atoms. The first-order valence-electron chi connectivity index (χ1n) is 7.89. The molecular weight excluding hydrogens is 270 g/mol. The topological polar surface area (TPSA) is 30.3 Å². The Morgan fingerprint density at radius 1 is 0.909 bits per heavy atom. The fraction of sp³-hybridized carbons (Fsp3) is 0.316. The second-order valence-corrected chi connectivity index (χ2v) is 6.31. The van der Waals surface area contributed by atoms with Crippen LogP contribution in [-0.2, 0) is 5.41 Å². The first kappa shape index (κ1) is 13.2. The predicted molar refractivity (Wildman–Crippen MR) is 88.0 cm³/mol. The summed E-state index contributed by atoms with van der Waals surface area (Å²) in [6, 6.07) is 19.4. The zero-order valence-electron chi connectivity index (χ0n) is 12.6. The molecule has 0 unspecified atom stereocenters.